The van der Waals surface area contributed by atoms with Crippen molar-refractivity contribution in [3.8, 4) is 0 Å². The van der Waals surface area contributed by atoms with Gasteiger partial charge in [-0.25, -0.2) is 0 Å². The molecule has 2 unspecified atom stereocenters. The lowest BCUT2D eigenvalue weighted by atomic mass is 9.86. The van der Waals surface area contributed by atoms with Crippen molar-refractivity contribution in [1.29, 1.82) is 0 Å². The fourth-order valence-electron chi connectivity index (χ4n) is 3.37. The second-order valence-corrected chi connectivity index (χ2v) is 6.15. The molecule has 0 radical (unpaired) electrons. The molecule has 0 bridgehead atoms. The molecule has 1 aliphatic heterocycles. The van der Waals surface area contributed by atoms with Gasteiger partial charge in [-0.2, -0.15) is 13.2 Å². The Hall–Kier alpha value is -0.780. The summed E-state index contributed by atoms with van der Waals surface area (Å²) in [6, 6.07) is -1.97. The van der Waals surface area contributed by atoms with Gasteiger partial charge in [-0.3, -0.25) is 4.79 Å². The third kappa shape index (κ3) is 3.87. The molecular formula is C14H23F3N2O. The Bertz CT molecular complexity index is 340. The highest BCUT2D eigenvalue weighted by molar-refractivity contribution is 5.77. The van der Waals surface area contributed by atoms with Crippen LogP contribution in [-0.2, 0) is 4.79 Å². The number of nitrogens with zero attached hydrogens (tertiary/aromatic N) is 1. The average molecular weight is 292 g/mol. The lowest BCUT2D eigenvalue weighted by molar-refractivity contribution is -0.197. The summed E-state index contributed by atoms with van der Waals surface area (Å²) >= 11 is 0. The third-order valence-corrected chi connectivity index (χ3v) is 4.50. The van der Waals surface area contributed by atoms with Crippen LogP contribution in [0.5, 0.6) is 0 Å². The van der Waals surface area contributed by atoms with Crippen molar-refractivity contribution in [3.05, 3.63) is 0 Å². The maximum atomic E-state index is 13.0. The van der Waals surface area contributed by atoms with Gasteiger partial charge in [0.2, 0.25) is 5.91 Å². The summed E-state index contributed by atoms with van der Waals surface area (Å²) < 4.78 is 39.1. The minimum absolute atomic E-state index is 0.0374. The van der Waals surface area contributed by atoms with Gasteiger partial charge < -0.3 is 10.6 Å². The summed E-state index contributed by atoms with van der Waals surface area (Å²) in [5, 5.41) is 0. The topological polar surface area (TPSA) is 46.3 Å². The number of halogens is 3. The van der Waals surface area contributed by atoms with Crippen LogP contribution in [0.4, 0.5) is 13.2 Å². The quantitative estimate of drug-likeness (QED) is 0.850. The molecule has 0 aromatic rings. The summed E-state index contributed by atoms with van der Waals surface area (Å²) in [6.45, 7) is 0.0374. The zero-order valence-electron chi connectivity index (χ0n) is 11.7. The Morgan fingerprint density at radius 2 is 1.75 bits per heavy atom. The number of rotatable bonds is 2. The second kappa shape index (κ2) is 6.33. The van der Waals surface area contributed by atoms with E-state index in [-0.39, 0.29) is 37.3 Å². The zero-order valence-corrected chi connectivity index (χ0v) is 11.7. The predicted octanol–water partition coefficient (Wildman–Crippen LogP) is 2.84. The Balaban J connectivity index is 1.99. The van der Waals surface area contributed by atoms with E-state index in [0.717, 1.165) is 30.6 Å². The van der Waals surface area contributed by atoms with Crippen molar-refractivity contribution >= 4 is 5.91 Å². The average Bonchev–Trinajstić information content (AvgIpc) is 2.38. The van der Waals surface area contributed by atoms with E-state index in [9.17, 15) is 18.0 Å². The van der Waals surface area contributed by atoms with Crippen LogP contribution in [0.15, 0.2) is 0 Å². The monoisotopic (exact) mass is 292 g/mol. The number of carbonyl (C=O) groups is 1. The van der Waals surface area contributed by atoms with Gasteiger partial charge in [-0.05, 0) is 31.6 Å². The number of hydrogen-bond acceptors (Lipinski definition) is 2. The molecule has 116 valence electrons. The molecule has 2 aliphatic rings. The molecule has 0 aromatic heterocycles. The van der Waals surface area contributed by atoms with E-state index < -0.39 is 12.2 Å². The van der Waals surface area contributed by atoms with Crippen LogP contribution in [0.1, 0.15) is 51.4 Å². The van der Waals surface area contributed by atoms with Crippen molar-refractivity contribution in [3.63, 3.8) is 0 Å². The summed E-state index contributed by atoms with van der Waals surface area (Å²) in [4.78, 5) is 13.2. The molecule has 3 nitrogen and oxygen atoms in total. The van der Waals surface area contributed by atoms with Gasteiger partial charge in [-0.15, -0.1) is 0 Å². The zero-order chi connectivity index (χ0) is 14.8. The number of hydrogen-bond donors (Lipinski definition) is 1. The van der Waals surface area contributed by atoms with E-state index in [4.69, 9.17) is 5.73 Å². The molecule has 1 aliphatic carbocycles. The van der Waals surface area contributed by atoms with Crippen LogP contribution >= 0.6 is 0 Å². The van der Waals surface area contributed by atoms with E-state index in [2.05, 4.69) is 0 Å². The highest BCUT2D eigenvalue weighted by atomic mass is 19.4. The number of likely N-dealkylation sites (tertiary alicyclic amines) is 1. The van der Waals surface area contributed by atoms with Gasteiger partial charge in [0.05, 0.1) is 0 Å². The molecular weight excluding hydrogens is 269 g/mol. The molecule has 2 fully saturated rings. The fraction of sp³-hybridized carbons (Fsp3) is 0.929. The summed E-state index contributed by atoms with van der Waals surface area (Å²) in [7, 11) is 0. The van der Waals surface area contributed by atoms with Crippen LogP contribution < -0.4 is 5.73 Å². The highest BCUT2D eigenvalue weighted by Gasteiger charge is 2.47. The molecule has 2 N–H and O–H groups in total. The van der Waals surface area contributed by atoms with E-state index in [1.165, 1.54) is 6.42 Å². The Labute approximate surface area is 117 Å². The number of nitrogens with two attached hydrogens (primary N) is 1. The summed E-state index contributed by atoms with van der Waals surface area (Å²) in [5.41, 5.74) is 5.74. The standard InChI is InChI=1S/C14H23F3N2O/c15-14(16,17)12-7-6-11(18)9-19(12)13(20)8-10-4-2-1-3-5-10/h10-12H,1-9,18H2. The molecule has 1 amide bonds. The highest BCUT2D eigenvalue weighted by Crippen LogP contribution is 2.33. The molecule has 0 aromatic carbocycles. The predicted molar refractivity (Wildman–Crippen MR) is 70.0 cm³/mol. The first-order chi connectivity index (χ1) is 9.38. The first kappa shape index (κ1) is 15.6. The van der Waals surface area contributed by atoms with Crippen LogP contribution in [0.25, 0.3) is 0 Å². The number of piperidine rings is 1. The van der Waals surface area contributed by atoms with E-state index >= 15 is 0 Å². The molecule has 1 saturated carbocycles. The van der Waals surface area contributed by atoms with Crippen molar-refractivity contribution < 1.29 is 18.0 Å². The fourth-order valence-corrected chi connectivity index (χ4v) is 3.37. The van der Waals surface area contributed by atoms with Crippen molar-refractivity contribution in [2.45, 2.75) is 69.6 Å². The number of carbonyl (C=O) groups excluding carboxylic acids is 1. The minimum Gasteiger partial charge on any atom is -0.329 e. The first-order valence-electron chi connectivity index (χ1n) is 7.49. The van der Waals surface area contributed by atoms with Crippen molar-refractivity contribution in [2.75, 3.05) is 6.54 Å². The Morgan fingerprint density at radius 1 is 1.10 bits per heavy atom. The summed E-state index contributed by atoms with van der Waals surface area (Å²) in [5.74, 6) is -0.113. The van der Waals surface area contributed by atoms with Crippen molar-refractivity contribution in [2.24, 2.45) is 11.7 Å². The molecule has 6 heteroatoms. The molecule has 2 rings (SSSR count). The van der Waals surface area contributed by atoms with E-state index in [0.29, 0.717) is 6.42 Å². The Kier molecular flexibility index (Phi) is 4.94. The van der Waals surface area contributed by atoms with E-state index in [1.54, 1.807) is 0 Å². The second-order valence-electron chi connectivity index (χ2n) is 6.15. The normalized spacial score (nSPS) is 29.5. The van der Waals surface area contributed by atoms with Crippen LogP contribution in [0, 0.1) is 5.92 Å². The Morgan fingerprint density at radius 3 is 2.35 bits per heavy atom. The van der Waals surface area contributed by atoms with Gasteiger partial charge in [0.15, 0.2) is 0 Å². The number of alkyl halides is 3. The van der Waals surface area contributed by atoms with Gasteiger partial charge in [-0.1, -0.05) is 19.3 Å². The molecule has 1 heterocycles. The van der Waals surface area contributed by atoms with Gasteiger partial charge in [0, 0.05) is 19.0 Å². The molecule has 1 saturated heterocycles. The largest absolute Gasteiger partial charge is 0.408 e. The summed E-state index contributed by atoms with van der Waals surface area (Å²) in [6.07, 6.45) is 1.43. The first-order valence-corrected chi connectivity index (χ1v) is 7.49. The maximum Gasteiger partial charge on any atom is 0.408 e. The SMILES string of the molecule is NC1CCC(C(F)(F)F)N(C(=O)CC2CCCCC2)C1. The minimum atomic E-state index is -4.34. The van der Waals surface area contributed by atoms with Crippen molar-refractivity contribution in [1.82, 2.24) is 4.90 Å². The lowest BCUT2D eigenvalue weighted by Crippen LogP contribution is -2.56. The van der Waals surface area contributed by atoms with Crippen LogP contribution in [0.3, 0.4) is 0 Å². The van der Waals surface area contributed by atoms with Gasteiger partial charge >= 0.3 is 6.18 Å². The molecule has 20 heavy (non-hydrogen) atoms. The molecule has 2 atom stereocenters. The maximum absolute atomic E-state index is 13.0. The van der Waals surface area contributed by atoms with Gasteiger partial charge in [0.1, 0.15) is 6.04 Å². The number of amides is 1. The van der Waals surface area contributed by atoms with E-state index in [1.807, 2.05) is 0 Å². The smallest absolute Gasteiger partial charge is 0.329 e. The molecule has 0 spiro atoms. The lowest BCUT2D eigenvalue weighted by Gasteiger charge is -2.40. The van der Waals surface area contributed by atoms with Crippen LogP contribution in [-0.4, -0.2) is 35.6 Å². The third-order valence-electron chi connectivity index (χ3n) is 4.50. The van der Waals surface area contributed by atoms with Gasteiger partial charge in [0.25, 0.3) is 0 Å². The van der Waals surface area contributed by atoms with Crippen LogP contribution in [0.2, 0.25) is 0 Å².